The number of nitrogens with one attached hydrogen (secondary N) is 3. The Kier molecular flexibility index (Phi) is 7.09. The lowest BCUT2D eigenvalue weighted by molar-refractivity contribution is -0.135. The Hall–Kier alpha value is -2.12. The topological polar surface area (TPSA) is 83.1 Å². The summed E-state index contributed by atoms with van der Waals surface area (Å²) < 4.78 is 0. The molecule has 6 nitrogen and oxygen atoms in total. The van der Waals surface area contributed by atoms with Crippen molar-refractivity contribution in [1.29, 1.82) is 0 Å². The molecule has 3 N–H and O–H groups in total. The quantitative estimate of drug-likeness (QED) is 0.362. The average molecular weight is 515 g/mol. The maximum Gasteiger partial charge on any atom is 0.262 e. The zero-order valence-corrected chi connectivity index (χ0v) is 22.1. The Morgan fingerprint density at radius 3 is 2.63 bits per heavy atom. The van der Waals surface area contributed by atoms with Crippen molar-refractivity contribution < 1.29 is 9.59 Å². The van der Waals surface area contributed by atoms with Crippen LogP contribution in [-0.2, 0) is 4.79 Å². The molecule has 0 aliphatic heterocycles. The van der Waals surface area contributed by atoms with E-state index in [0.717, 1.165) is 67.1 Å². The number of nitrogens with zero attached hydrogens (tertiary/aromatic N) is 1. The van der Waals surface area contributed by atoms with E-state index in [1.807, 2.05) is 25.1 Å². The molecule has 0 spiro atoms. The second-order valence-electron chi connectivity index (χ2n) is 10.8. The number of aryl methyl sites for hydroxylation is 1. The summed E-state index contributed by atoms with van der Waals surface area (Å²) in [6, 6.07) is 5.33. The number of rotatable bonds is 10. The number of anilines is 1. The van der Waals surface area contributed by atoms with Gasteiger partial charge in [0.2, 0.25) is 5.91 Å². The van der Waals surface area contributed by atoms with E-state index in [0.29, 0.717) is 15.8 Å². The number of pyridine rings is 1. The third kappa shape index (κ3) is 5.36. The van der Waals surface area contributed by atoms with Gasteiger partial charge in [-0.15, -0.1) is 11.3 Å². The predicted octanol–water partition coefficient (Wildman–Crippen LogP) is 6.02. The van der Waals surface area contributed by atoms with Gasteiger partial charge < -0.3 is 16.0 Å². The smallest absolute Gasteiger partial charge is 0.262 e. The number of halogens is 1. The van der Waals surface area contributed by atoms with Crippen LogP contribution in [0.5, 0.6) is 0 Å². The van der Waals surface area contributed by atoms with E-state index < -0.39 is 6.04 Å². The van der Waals surface area contributed by atoms with Crippen LogP contribution in [0.3, 0.4) is 0 Å². The molecular formula is C27H35ClN4O2S. The van der Waals surface area contributed by atoms with Crippen LogP contribution in [0.25, 0.3) is 0 Å². The lowest BCUT2D eigenvalue weighted by Gasteiger charge is -2.62. The van der Waals surface area contributed by atoms with Gasteiger partial charge in [0, 0.05) is 16.6 Å². The maximum absolute atomic E-state index is 13.2. The van der Waals surface area contributed by atoms with Gasteiger partial charge in [0.1, 0.15) is 6.04 Å². The zero-order valence-electron chi connectivity index (χ0n) is 20.5. The summed E-state index contributed by atoms with van der Waals surface area (Å²) in [6.07, 6.45) is 11.3. The van der Waals surface area contributed by atoms with E-state index in [1.165, 1.54) is 24.2 Å². The average Bonchev–Trinajstić information content (AvgIpc) is 3.47. The Balaban J connectivity index is 1.26. The van der Waals surface area contributed by atoms with E-state index in [4.69, 9.17) is 11.6 Å². The van der Waals surface area contributed by atoms with Crippen LogP contribution < -0.4 is 16.0 Å². The van der Waals surface area contributed by atoms with Crippen LogP contribution in [0.15, 0.2) is 24.4 Å². The molecule has 2 atom stereocenters. The lowest BCUT2D eigenvalue weighted by atomic mass is 9.50. The van der Waals surface area contributed by atoms with E-state index >= 15 is 0 Å². The van der Waals surface area contributed by atoms with Crippen molar-refractivity contribution in [3.8, 4) is 0 Å². The summed E-state index contributed by atoms with van der Waals surface area (Å²) in [6.45, 7) is 4.05. The monoisotopic (exact) mass is 514 g/mol. The fraction of sp³-hybridized carbons (Fsp3) is 0.593. The largest absolute Gasteiger partial charge is 0.376 e. The van der Waals surface area contributed by atoms with Crippen LogP contribution in [-0.4, -0.2) is 28.4 Å². The van der Waals surface area contributed by atoms with E-state index in [1.54, 1.807) is 6.20 Å². The summed E-state index contributed by atoms with van der Waals surface area (Å²) in [5.41, 5.74) is 1.79. The van der Waals surface area contributed by atoms with Crippen LogP contribution in [0.4, 0.5) is 5.69 Å². The number of hydrogen-bond acceptors (Lipinski definition) is 5. The molecule has 0 aromatic carbocycles. The normalized spacial score (nSPS) is 24.7. The minimum atomic E-state index is -0.467. The maximum atomic E-state index is 13.2. The summed E-state index contributed by atoms with van der Waals surface area (Å²) in [5.74, 6) is 1.15. The lowest BCUT2D eigenvalue weighted by Crippen LogP contribution is -2.70. The highest BCUT2D eigenvalue weighted by Crippen LogP contribution is 2.57. The second-order valence-corrected chi connectivity index (χ2v) is 12.3. The molecule has 4 aliphatic rings. The molecule has 2 aromatic rings. The van der Waals surface area contributed by atoms with Gasteiger partial charge in [0.25, 0.3) is 5.91 Å². The van der Waals surface area contributed by atoms with Crippen molar-refractivity contribution in [3.63, 3.8) is 0 Å². The second kappa shape index (κ2) is 10.1. The van der Waals surface area contributed by atoms with Crippen LogP contribution >= 0.6 is 22.9 Å². The molecule has 2 heterocycles. The molecule has 4 fully saturated rings. The molecule has 2 amide bonds. The van der Waals surface area contributed by atoms with Crippen molar-refractivity contribution in [2.75, 3.05) is 5.32 Å². The fourth-order valence-electron chi connectivity index (χ4n) is 5.90. The molecule has 6 rings (SSSR count). The number of carbonyl (C=O) groups is 2. The van der Waals surface area contributed by atoms with Gasteiger partial charge in [0.05, 0.1) is 27.3 Å². The molecule has 8 heteroatoms. The highest BCUT2D eigenvalue weighted by Gasteiger charge is 2.57. The number of thiophene rings is 1. The third-order valence-corrected chi connectivity index (χ3v) is 9.48. The number of aromatic nitrogens is 1. The summed E-state index contributed by atoms with van der Waals surface area (Å²) in [5, 5.41) is 10.5. The SMILES string of the molecule is CC[C@H](Nc1cc(Cl)cnc1C)c1ccc(C(=O)N[C@@H](CC2CCCC2)C(=O)NC23CC(C2)C3)s1. The Labute approximate surface area is 216 Å². The first-order valence-corrected chi connectivity index (χ1v) is 14.1. The molecule has 0 unspecified atom stereocenters. The number of carbonyl (C=O) groups excluding carboxylic acids is 2. The zero-order chi connectivity index (χ0) is 24.6. The van der Waals surface area contributed by atoms with Gasteiger partial charge in [-0.2, -0.15) is 0 Å². The van der Waals surface area contributed by atoms with Gasteiger partial charge in [-0.25, -0.2) is 0 Å². The highest BCUT2D eigenvalue weighted by molar-refractivity contribution is 7.14. The van der Waals surface area contributed by atoms with Gasteiger partial charge in [-0.3, -0.25) is 14.6 Å². The van der Waals surface area contributed by atoms with Crippen molar-refractivity contribution in [2.24, 2.45) is 11.8 Å². The van der Waals surface area contributed by atoms with Crippen molar-refractivity contribution in [3.05, 3.63) is 44.9 Å². The van der Waals surface area contributed by atoms with Crippen LogP contribution in [0.2, 0.25) is 5.02 Å². The molecule has 2 aromatic heterocycles. The Morgan fingerprint density at radius 1 is 1.23 bits per heavy atom. The molecular weight excluding hydrogens is 480 g/mol. The first-order chi connectivity index (χ1) is 16.8. The molecule has 188 valence electrons. The minimum absolute atomic E-state index is 0.00258. The number of amides is 2. The van der Waals surface area contributed by atoms with Crippen LogP contribution in [0.1, 0.15) is 91.0 Å². The first kappa shape index (κ1) is 24.6. The fourth-order valence-corrected chi connectivity index (χ4v) is 7.10. The predicted molar refractivity (Wildman–Crippen MR) is 141 cm³/mol. The molecule has 2 bridgehead atoms. The molecule has 4 saturated carbocycles. The van der Waals surface area contributed by atoms with Gasteiger partial charge in [-0.1, -0.05) is 44.2 Å². The van der Waals surface area contributed by atoms with Gasteiger partial charge >= 0.3 is 0 Å². The van der Waals surface area contributed by atoms with Crippen LogP contribution in [0, 0.1) is 18.8 Å². The van der Waals surface area contributed by atoms with Crippen molar-refractivity contribution in [2.45, 2.75) is 89.3 Å². The summed E-state index contributed by atoms with van der Waals surface area (Å²) >= 11 is 7.62. The highest BCUT2D eigenvalue weighted by atomic mass is 35.5. The summed E-state index contributed by atoms with van der Waals surface area (Å²) in [7, 11) is 0. The number of hydrogen-bond donors (Lipinski definition) is 3. The molecule has 0 radical (unpaired) electrons. The molecule has 4 aliphatic carbocycles. The Bertz CT molecular complexity index is 1080. The molecule has 35 heavy (non-hydrogen) atoms. The van der Waals surface area contributed by atoms with E-state index in [9.17, 15) is 9.59 Å². The van der Waals surface area contributed by atoms with Crippen molar-refractivity contribution >= 4 is 40.4 Å². The van der Waals surface area contributed by atoms with Gasteiger partial charge in [-0.05, 0) is 69.1 Å². The van der Waals surface area contributed by atoms with Crippen molar-refractivity contribution in [1.82, 2.24) is 15.6 Å². The third-order valence-electron chi connectivity index (χ3n) is 8.08. The van der Waals surface area contributed by atoms with E-state index in [-0.39, 0.29) is 23.4 Å². The minimum Gasteiger partial charge on any atom is -0.376 e. The summed E-state index contributed by atoms with van der Waals surface area (Å²) in [4.78, 5) is 32.5. The van der Waals surface area contributed by atoms with Gasteiger partial charge in [0.15, 0.2) is 0 Å². The standard InChI is InChI=1S/C27H35ClN4O2S/c1-3-20(30-21-11-19(28)15-29-16(21)2)23-8-9-24(35-23)26(34)31-22(10-17-6-4-5-7-17)25(33)32-27-12-18(13-27)14-27/h8-9,11,15,17-18,20,22,30H,3-7,10,12-14H2,1-2H3,(H,31,34)(H,32,33)/t18?,20-,22-,27?/m0/s1. The van der Waals surface area contributed by atoms with E-state index in [2.05, 4.69) is 27.9 Å². The molecule has 0 saturated heterocycles. The first-order valence-electron chi connectivity index (χ1n) is 13.0. The Morgan fingerprint density at radius 2 is 1.97 bits per heavy atom.